The predicted octanol–water partition coefficient (Wildman–Crippen LogP) is 2.24. The summed E-state index contributed by atoms with van der Waals surface area (Å²) in [4.78, 5) is 11.3. The molecule has 1 aromatic rings. The molecule has 0 aliphatic carbocycles. The Hall–Kier alpha value is -0.730. The minimum Gasteiger partial charge on any atom is -0.355 e. The molecule has 0 heterocycles. The number of alkyl halides is 1. The molecule has 0 saturated carbocycles. The third-order valence-corrected chi connectivity index (χ3v) is 2.09. The van der Waals surface area contributed by atoms with Crippen LogP contribution in [-0.2, 0) is 11.2 Å². The van der Waals surface area contributed by atoms with E-state index in [0.29, 0.717) is 23.9 Å². The van der Waals surface area contributed by atoms with Crippen molar-refractivity contribution in [2.24, 2.45) is 0 Å². The van der Waals surface area contributed by atoms with Gasteiger partial charge in [0, 0.05) is 17.4 Å². The molecule has 4 heteroatoms. The van der Waals surface area contributed by atoms with Gasteiger partial charge in [-0.15, -0.1) is 11.6 Å². The van der Waals surface area contributed by atoms with Crippen molar-refractivity contribution in [1.82, 2.24) is 5.32 Å². The second-order valence-electron chi connectivity index (χ2n) is 2.85. The van der Waals surface area contributed by atoms with Crippen LogP contribution in [0.1, 0.15) is 5.56 Å². The van der Waals surface area contributed by atoms with Gasteiger partial charge in [-0.25, -0.2) is 0 Å². The maximum atomic E-state index is 11.3. The Bertz CT molecular complexity index is 315. The summed E-state index contributed by atoms with van der Waals surface area (Å²) < 4.78 is 0. The first-order valence-electron chi connectivity index (χ1n) is 4.29. The van der Waals surface area contributed by atoms with Gasteiger partial charge in [-0.2, -0.15) is 0 Å². The first-order chi connectivity index (χ1) is 6.72. The molecule has 0 bridgehead atoms. The van der Waals surface area contributed by atoms with E-state index in [1.807, 2.05) is 12.1 Å². The Kier molecular flexibility index (Phi) is 4.77. The molecule has 0 radical (unpaired) electrons. The number of nitrogens with one attached hydrogen (secondary N) is 1. The fourth-order valence-corrected chi connectivity index (χ4v) is 1.39. The number of benzene rings is 1. The third kappa shape index (κ3) is 3.99. The van der Waals surface area contributed by atoms with Crippen LogP contribution in [0.3, 0.4) is 0 Å². The number of rotatable bonds is 4. The Morgan fingerprint density at radius 2 is 2.21 bits per heavy atom. The lowest BCUT2D eigenvalue weighted by atomic mass is 10.1. The minimum absolute atomic E-state index is 0.0343. The highest BCUT2D eigenvalue weighted by Crippen LogP contribution is 2.10. The molecule has 1 N–H and O–H groups in total. The molecule has 0 atom stereocenters. The molecule has 0 aliphatic heterocycles. The van der Waals surface area contributed by atoms with Gasteiger partial charge < -0.3 is 5.32 Å². The van der Waals surface area contributed by atoms with Crippen LogP contribution in [-0.4, -0.2) is 18.3 Å². The largest absolute Gasteiger partial charge is 0.355 e. The molecule has 0 aromatic heterocycles. The summed E-state index contributed by atoms with van der Waals surface area (Å²) in [5, 5.41) is 3.33. The van der Waals surface area contributed by atoms with Crippen molar-refractivity contribution in [2.45, 2.75) is 6.42 Å². The van der Waals surface area contributed by atoms with Crippen molar-refractivity contribution in [1.29, 1.82) is 0 Å². The van der Waals surface area contributed by atoms with Crippen molar-refractivity contribution in [3.05, 3.63) is 34.9 Å². The van der Waals surface area contributed by atoms with Crippen molar-refractivity contribution >= 4 is 29.1 Å². The SMILES string of the molecule is O=C(Cc1cccc(Cl)c1)NCCCl. The smallest absolute Gasteiger partial charge is 0.224 e. The zero-order valence-corrected chi connectivity index (χ0v) is 9.11. The van der Waals surface area contributed by atoms with E-state index >= 15 is 0 Å². The van der Waals surface area contributed by atoms with Crippen LogP contribution in [0.4, 0.5) is 0 Å². The van der Waals surface area contributed by atoms with Gasteiger partial charge in [-0.05, 0) is 17.7 Å². The second kappa shape index (κ2) is 5.89. The van der Waals surface area contributed by atoms with Crippen LogP contribution in [0.2, 0.25) is 5.02 Å². The van der Waals surface area contributed by atoms with Gasteiger partial charge in [0.05, 0.1) is 6.42 Å². The van der Waals surface area contributed by atoms with Crippen LogP contribution in [0.5, 0.6) is 0 Å². The van der Waals surface area contributed by atoms with Crippen LogP contribution in [0.15, 0.2) is 24.3 Å². The van der Waals surface area contributed by atoms with Gasteiger partial charge in [-0.3, -0.25) is 4.79 Å². The Morgan fingerprint density at radius 1 is 1.43 bits per heavy atom. The first kappa shape index (κ1) is 11.3. The molecule has 1 amide bonds. The highest BCUT2D eigenvalue weighted by molar-refractivity contribution is 6.30. The Balaban J connectivity index is 2.47. The molecule has 1 aromatic carbocycles. The van der Waals surface area contributed by atoms with E-state index < -0.39 is 0 Å². The van der Waals surface area contributed by atoms with E-state index in [0.717, 1.165) is 5.56 Å². The Morgan fingerprint density at radius 3 is 2.86 bits per heavy atom. The van der Waals surface area contributed by atoms with Crippen molar-refractivity contribution < 1.29 is 4.79 Å². The maximum Gasteiger partial charge on any atom is 0.224 e. The number of hydrogen-bond acceptors (Lipinski definition) is 1. The lowest BCUT2D eigenvalue weighted by molar-refractivity contribution is -0.120. The monoisotopic (exact) mass is 231 g/mol. The lowest BCUT2D eigenvalue weighted by Crippen LogP contribution is -2.26. The number of amides is 1. The summed E-state index contributed by atoms with van der Waals surface area (Å²) in [5.41, 5.74) is 0.907. The lowest BCUT2D eigenvalue weighted by Gasteiger charge is -2.03. The molecule has 1 rings (SSSR count). The first-order valence-corrected chi connectivity index (χ1v) is 5.20. The molecule has 0 saturated heterocycles. The van der Waals surface area contributed by atoms with Crippen LogP contribution >= 0.6 is 23.2 Å². The maximum absolute atomic E-state index is 11.3. The van der Waals surface area contributed by atoms with Gasteiger partial charge in [-0.1, -0.05) is 23.7 Å². The number of carbonyl (C=O) groups excluding carboxylic acids is 1. The molecular weight excluding hydrogens is 221 g/mol. The molecule has 14 heavy (non-hydrogen) atoms. The minimum atomic E-state index is -0.0343. The second-order valence-corrected chi connectivity index (χ2v) is 3.66. The van der Waals surface area contributed by atoms with E-state index in [4.69, 9.17) is 23.2 Å². The van der Waals surface area contributed by atoms with Crippen molar-refractivity contribution in [3.63, 3.8) is 0 Å². The third-order valence-electron chi connectivity index (χ3n) is 1.67. The van der Waals surface area contributed by atoms with Gasteiger partial charge in [0.25, 0.3) is 0 Å². The summed E-state index contributed by atoms with van der Waals surface area (Å²) in [6.45, 7) is 0.501. The van der Waals surface area contributed by atoms with Crippen molar-refractivity contribution in [2.75, 3.05) is 12.4 Å². The standard InChI is InChI=1S/C10H11Cl2NO/c11-4-5-13-10(14)7-8-2-1-3-9(12)6-8/h1-3,6H,4-5,7H2,(H,13,14). The van der Waals surface area contributed by atoms with E-state index in [1.54, 1.807) is 12.1 Å². The topological polar surface area (TPSA) is 29.1 Å². The predicted molar refractivity (Wildman–Crippen MR) is 58.9 cm³/mol. The van der Waals surface area contributed by atoms with Crippen LogP contribution in [0.25, 0.3) is 0 Å². The fourth-order valence-electron chi connectivity index (χ4n) is 1.08. The fraction of sp³-hybridized carbons (Fsp3) is 0.300. The molecular formula is C10H11Cl2NO. The van der Waals surface area contributed by atoms with E-state index in [2.05, 4.69) is 5.32 Å². The number of hydrogen-bond donors (Lipinski definition) is 1. The molecule has 0 unspecified atom stereocenters. The quantitative estimate of drug-likeness (QED) is 0.792. The summed E-state index contributed by atoms with van der Waals surface area (Å²) in [5.74, 6) is 0.397. The summed E-state index contributed by atoms with van der Waals surface area (Å²) >= 11 is 11.2. The van der Waals surface area contributed by atoms with Gasteiger partial charge in [0.1, 0.15) is 0 Å². The zero-order valence-electron chi connectivity index (χ0n) is 7.59. The molecule has 76 valence electrons. The molecule has 0 aliphatic rings. The zero-order chi connectivity index (χ0) is 10.4. The summed E-state index contributed by atoms with van der Waals surface area (Å²) in [7, 11) is 0. The van der Waals surface area contributed by atoms with Gasteiger partial charge >= 0.3 is 0 Å². The van der Waals surface area contributed by atoms with E-state index in [-0.39, 0.29) is 5.91 Å². The highest BCUT2D eigenvalue weighted by atomic mass is 35.5. The van der Waals surface area contributed by atoms with Crippen LogP contribution in [0, 0.1) is 0 Å². The molecule has 2 nitrogen and oxygen atoms in total. The van der Waals surface area contributed by atoms with E-state index in [9.17, 15) is 4.79 Å². The summed E-state index contributed by atoms with van der Waals surface area (Å²) in [6.07, 6.45) is 0.345. The summed E-state index contributed by atoms with van der Waals surface area (Å²) in [6, 6.07) is 7.25. The number of carbonyl (C=O) groups is 1. The molecule has 0 spiro atoms. The normalized spacial score (nSPS) is 9.86. The average Bonchev–Trinajstić information content (AvgIpc) is 2.15. The van der Waals surface area contributed by atoms with Crippen molar-refractivity contribution in [3.8, 4) is 0 Å². The van der Waals surface area contributed by atoms with Gasteiger partial charge in [0.15, 0.2) is 0 Å². The van der Waals surface area contributed by atoms with E-state index in [1.165, 1.54) is 0 Å². The average molecular weight is 232 g/mol. The number of halogens is 2. The molecule has 0 fully saturated rings. The highest BCUT2D eigenvalue weighted by Gasteiger charge is 2.02. The Labute approximate surface area is 93.2 Å². The van der Waals surface area contributed by atoms with Gasteiger partial charge in [0.2, 0.25) is 5.91 Å². The van der Waals surface area contributed by atoms with Crippen LogP contribution < -0.4 is 5.32 Å².